The highest BCUT2D eigenvalue weighted by molar-refractivity contribution is 5.95. The normalized spacial score (nSPS) is 30.6. The number of benzene rings is 1. The summed E-state index contributed by atoms with van der Waals surface area (Å²) in [6, 6.07) is 6.14. The number of fused-ring (bicyclic) bond motifs is 1. The van der Waals surface area contributed by atoms with Crippen LogP contribution in [0.25, 0.3) is 0 Å². The number of nitrogens with zero attached hydrogens (tertiary/aromatic N) is 2. The molecular formula is C21H19F4N3O2. The van der Waals surface area contributed by atoms with Crippen molar-refractivity contribution < 1.29 is 27.1 Å². The second-order valence-electron chi connectivity index (χ2n) is 7.97. The molecule has 3 atom stereocenters. The maximum Gasteiger partial charge on any atom is 0.185 e. The monoisotopic (exact) mass is 421 g/mol. The molecule has 1 aromatic heterocycles. The molecule has 3 heterocycles. The van der Waals surface area contributed by atoms with Crippen molar-refractivity contribution in [2.75, 3.05) is 13.2 Å². The van der Waals surface area contributed by atoms with Crippen LogP contribution >= 0.6 is 0 Å². The number of hydrogen-bond donors (Lipinski definition) is 1. The van der Waals surface area contributed by atoms with E-state index in [4.69, 9.17) is 10.5 Å². The van der Waals surface area contributed by atoms with Crippen LogP contribution in [0.3, 0.4) is 0 Å². The van der Waals surface area contributed by atoms with Gasteiger partial charge in [-0.1, -0.05) is 6.07 Å². The molecule has 158 valence electrons. The van der Waals surface area contributed by atoms with Crippen molar-refractivity contribution in [2.24, 2.45) is 10.7 Å². The number of alkyl halides is 2. The summed E-state index contributed by atoms with van der Waals surface area (Å²) in [5, 5.41) is 0. The molecule has 0 amide bonds. The van der Waals surface area contributed by atoms with E-state index in [1.807, 2.05) is 0 Å². The van der Waals surface area contributed by atoms with Gasteiger partial charge in [0, 0.05) is 18.4 Å². The van der Waals surface area contributed by atoms with E-state index >= 15 is 4.39 Å². The molecular weight excluding hydrogens is 402 g/mol. The number of carbonyl (C=O) groups excluding carboxylic acids is 1. The van der Waals surface area contributed by atoms with Gasteiger partial charge in [-0.2, -0.15) is 0 Å². The Kier molecular flexibility index (Phi) is 4.68. The van der Waals surface area contributed by atoms with Gasteiger partial charge in [-0.15, -0.1) is 0 Å². The molecule has 30 heavy (non-hydrogen) atoms. The van der Waals surface area contributed by atoms with Gasteiger partial charge in [0.1, 0.15) is 28.7 Å². The molecule has 0 spiro atoms. The summed E-state index contributed by atoms with van der Waals surface area (Å²) in [5.74, 6) is -2.21. The number of pyridine rings is 1. The number of halogens is 4. The zero-order valence-corrected chi connectivity index (χ0v) is 16.1. The van der Waals surface area contributed by atoms with E-state index in [1.165, 1.54) is 18.2 Å². The standard InChI is InChI=1S/C21H19F4N3O2/c1-19(24)9-20(25)10-30-11-21(20,28-18(19)26)14-6-12(2-4-15(14)23)7-17(29)16-5-3-13(22)8-27-16/h2-6,8H,7,9-11H2,1H3,(H2,26,28)/t19-,20+,21-/m1/s1. The number of nitrogens with two attached hydrogens (primary N) is 1. The van der Waals surface area contributed by atoms with Crippen LogP contribution in [0, 0.1) is 11.6 Å². The van der Waals surface area contributed by atoms with Crippen LogP contribution in [-0.4, -0.2) is 41.2 Å². The van der Waals surface area contributed by atoms with E-state index in [9.17, 15) is 18.0 Å². The Hall–Kier alpha value is -2.81. The number of Topliss-reactive ketones (excluding diaryl/α,β-unsaturated/α-hetero) is 1. The van der Waals surface area contributed by atoms with Crippen LogP contribution in [0.1, 0.15) is 35.0 Å². The van der Waals surface area contributed by atoms with Gasteiger partial charge < -0.3 is 10.5 Å². The minimum Gasteiger partial charge on any atom is -0.385 e. The Morgan fingerprint density at radius 3 is 2.67 bits per heavy atom. The van der Waals surface area contributed by atoms with E-state index < -0.39 is 53.2 Å². The number of aliphatic imine (C=N–C) groups is 1. The number of ether oxygens (including phenoxy) is 1. The molecule has 0 radical (unpaired) electrons. The molecule has 2 aromatic rings. The van der Waals surface area contributed by atoms with Gasteiger partial charge in [0.25, 0.3) is 0 Å². The predicted molar refractivity (Wildman–Crippen MR) is 101 cm³/mol. The fraction of sp³-hybridized carbons (Fsp3) is 0.381. The first-order valence-electron chi connectivity index (χ1n) is 9.31. The molecule has 0 bridgehead atoms. The summed E-state index contributed by atoms with van der Waals surface area (Å²) in [7, 11) is 0. The van der Waals surface area contributed by atoms with Gasteiger partial charge >= 0.3 is 0 Å². The second kappa shape index (κ2) is 6.87. The molecule has 9 heteroatoms. The van der Waals surface area contributed by atoms with E-state index in [0.717, 1.165) is 25.3 Å². The summed E-state index contributed by atoms with van der Waals surface area (Å²) < 4.78 is 63.6. The van der Waals surface area contributed by atoms with Crippen LogP contribution < -0.4 is 5.73 Å². The fourth-order valence-corrected chi connectivity index (χ4v) is 4.07. The number of aromatic nitrogens is 1. The van der Waals surface area contributed by atoms with Gasteiger partial charge in [0.15, 0.2) is 17.1 Å². The maximum absolute atomic E-state index is 15.8. The van der Waals surface area contributed by atoms with Crippen LogP contribution in [-0.2, 0) is 16.7 Å². The molecule has 0 unspecified atom stereocenters. The lowest BCUT2D eigenvalue weighted by molar-refractivity contribution is 0.0234. The summed E-state index contributed by atoms with van der Waals surface area (Å²) in [5.41, 5.74) is -0.343. The van der Waals surface area contributed by atoms with Crippen molar-refractivity contribution in [3.05, 3.63) is 65.0 Å². The van der Waals surface area contributed by atoms with Crippen LogP contribution in [0.4, 0.5) is 17.6 Å². The molecule has 2 aliphatic rings. The quantitative estimate of drug-likeness (QED) is 0.608. The Morgan fingerprint density at radius 2 is 1.97 bits per heavy atom. The molecule has 0 saturated carbocycles. The summed E-state index contributed by atoms with van der Waals surface area (Å²) in [6.07, 6.45) is 0.114. The molecule has 1 fully saturated rings. The highest BCUT2D eigenvalue weighted by Gasteiger charge is 2.65. The second-order valence-corrected chi connectivity index (χ2v) is 7.97. The molecule has 2 N–H and O–H groups in total. The predicted octanol–water partition coefficient (Wildman–Crippen LogP) is 3.21. The number of hydrogen-bond acceptors (Lipinski definition) is 5. The SMILES string of the molecule is C[C@@]1(F)C[C@]2(F)COC[C@]2(c2cc(CC(=O)c3ccc(F)cn3)ccc2F)N=C1N. The van der Waals surface area contributed by atoms with Crippen molar-refractivity contribution in [1.29, 1.82) is 0 Å². The van der Waals surface area contributed by atoms with Crippen LogP contribution in [0.15, 0.2) is 41.5 Å². The van der Waals surface area contributed by atoms with Gasteiger partial charge in [0.05, 0.1) is 19.4 Å². The van der Waals surface area contributed by atoms with E-state index in [-0.39, 0.29) is 24.3 Å². The lowest BCUT2D eigenvalue weighted by Crippen LogP contribution is -2.58. The summed E-state index contributed by atoms with van der Waals surface area (Å²) in [6.45, 7) is 0.357. The number of amidine groups is 1. The maximum atomic E-state index is 15.8. The first-order chi connectivity index (χ1) is 14.1. The van der Waals surface area contributed by atoms with E-state index in [0.29, 0.717) is 5.56 Å². The van der Waals surface area contributed by atoms with Gasteiger partial charge in [-0.25, -0.2) is 17.6 Å². The van der Waals surface area contributed by atoms with Crippen LogP contribution in [0.5, 0.6) is 0 Å². The minimum absolute atomic E-state index is 0.0394. The highest BCUT2D eigenvalue weighted by Crippen LogP contribution is 2.53. The summed E-state index contributed by atoms with van der Waals surface area (Å²) in [4.78, 5) is 20.2. The molecule has 5 nitrogen and oxygen atoms in total. The van der Waals surface area contributed by atoms with Crippen LogP contribution in [0.2, 0.25) is 0 Å². The zero-order chi connectivity index (χ0) is 21.7. The fourth-order valence-electron chi connectivity index (χ4n) is 4.07. The Morgan fingerprint density at radius 1 is 1.20 bits per heavy atom. The van der Waals surface area contributed by atoms with Crippen molar-refractivity contribution in [3.8, 4) is 0 Å². The van der Waals surface area contributed by atoms with Crippen molar-refractivity contribution in [1.82, 2.24) is 4.98 Å². The van der Waals surface area contributed by atoms with Crippen molar-refractivity contribution in [2.45, 2.75) is 36.6 Å². The Labute approximate surface area is 170 Å². The molecule has 4 rings (SSSR count). The molecule has 1 aromatic carbocycles. The number of rotatable bonds is 4. The highest BCUT2D eigenvalue weighted by atomic mass is 19.2. The first-order valence-corrected chi connectivity index (χ1v) is 9.31. The van der Waals surface area contributed by atoms with E-state index in [1.54, 1.807) is 0 Å². The minimum atomic E-state index is -2.30. The average molecular weight is 421 g/mol. The van der Waals surface area contributed by atoms with E-state index in [2.05, 4.69) is 9.98 Å². The third-order valence-electron chi connectivity index (χ3n) is 5.69. The van der Waals surface area contributed by atoms with Crippen molar-refractivity contribution in [3.63, 3.8) is 0 Å². The zero-order valence-electron chi connectivity index (χ0n) is 16.1. The Bertz CT molecular complexity index is 1040. The lowest BCUT2D eigenvalue weighted by atomic mass is 9.70. The summed E-state index contributed by atoms with van der Waals surface area (Å²) >= 11 is 0. The lowest BCUT2D eigenvalue weighted by Gasteiger charge is -2.43. The third-order valence-corrected chi connectivity index (χ3v) is 5.69. The van der Waals surface area contributed by atoms with Crippen molar-refractivity contribution >= 4 is 11.6 Å². The largest absolute Gasteiger partial charge is 0.385 e. The smallest absolute Gasteiger partial charge is 0.185 e. The third kappa shape index (κ3) is 3.17. The average Bonchev–Trinajstić information content (AvgIpc) is 2.99. The Balaban J connectivity index is 1.74. The van der Waals surface area contributed by atoms with Gasteiger partial charge in [-0.05, 0) is 36.8 Å². The number of carbonyl (C=O) groups is 1. The topological polar surface area (TPSA) is 77.6 Å². The van der Waals surface area contributed by atoms with Gasteiger partial charge in [-0.3, -0.25) is 14.8 Å². The van der Waals surface area contributed by atoms with Gasteiger partial charge in [0.2, 0.25) is 0 Å². The first kappa shape index (κ1) is 20.5. The molecule has 0 aliphatic carbocycles. The number of ketones is 1. The molecule has 2 aliphatic heterocycles. The molecule has 1 saturated heterocycles.